The number of nitrogens with zero attached hydrogens (tertiary/aromatic N) is 2. The molecule has 0 spiro atoms. The lowest BCUT2D eigenvalue weighted by Crippen LogP contribution is -2.52. The number of hydrogen-bond donors (Lipinski definition) is 0. The van der Waals surface area contributed by atoms with Crippen LogP contribution < -0.4 is 33.2 Å². The molecule has 0 saturated carbocycles. The number of benzene rings is 3. The maximum Gasteiger partial charge on any atom is 0.311 e. The maximum atomic E-state index is 12.7. The van der Waals surface area contributed by atoms with Gasteiger partial charge in [-0.25, -0.2) is 0 Å². The second-order valence-electron chi connectivity index (χ2n) is 16.1. The van der Waals surface area contributed by atoms with Gasteiger partial charge in [0.25, 0.3) is 0 Å². The van der Waals surface area contributed by atoms with Crippen molar-refractivity contribution in [3.63, 3.8) is 0 Å². The van der Waals surface area contributed by atoms with Crippen molar-refractivity contribution in [2.45, 2.75) is 70.4 Å². The standard InChI is InChI=1S/C46H66N2O11/c1-47(21-17-34-29-42(55-7)46(57-9)45(56-8)36(34)31-47)22-19-44(50)59-24-12-10-14-43(49)58-25-13-11-20-48(2)23-18-33-28-40(53-5)41(54-6)30-35(33)37(48)26-32-15-16-38(51-3)39(27-32)52-4/h15-16,27-30,37H,10-14,17-26,31H2,1-9H3/q+2/t37-,47?,48?/m1/s1. The molecule has 0 amide bonds. The number of carbonyl (C=O) groups is 2. The van der Waals surface area contributed by atoms with Gasteiger partial charge >= 0.3 is 11.9 Å². The first-order valence-corrected chi connectivity index (χ1v) is 20.7. The van der Waals surface area contributed by atoms with Gasteiger partial charge in [0, 0.05) is 31.2 Å². The lowest BCUT2D eigenvalue weighted by molar-refractivity contribution is -0.941. The number of likely N-dealkylation sites (N-methyl/N-ethyl adjacent to an activating group) is 2. The average molecular weight is 823 g/mol. The SMILES string of the molecule is COc1ccc(C[C@@H]2c3cc(OC)c(OC)cc3CC[N+]2(C)CCCCOC(=O)CCCCOC(=O)CC[N+]2(C)CCc3cc(OC)c(OC)c(OC)c3C2)cc1OC. The summed E-state index contributed by atoms with van der Waals surface area (Å²) in [5.41, 5.74) is 5.96. The molecule has 13 nitrogen and oxygen atoms in total. The fraction of sp³-hybridized carbons (Fsp3) is 0.565. The zero-order valence-corrected chi connectivity index (χ0v) is 36.7. The summed E-state index contributed by atoms with van der Waals surface area (Å²) < 4.78 is 52.1. The number of hydrogen-bond acceptors (Lipinski definition) is 11. The van der Waals surface area contributed by atoms with Gasteiger partial charge in [0.1, 0.15) is 12.6 Å². The molecule has 0 aromatic heterocycles. The van der Waals surface area contributed by atoms with E-state index < -0.39 is 0 Å². The molecule has 3 aromatic rings. The van der Waals surface area contributed by atoms with E-state index in [0.29, 0.717) is 78.6 Å². The Morgan fingerprint density at radius 1 is 0.593 bits per heavy atom. The van der Waals surface area contributed by atoms with E-state index in [4.69, 9.17) is 42.6 Å². The number of ether oxygens (including phenoxy) is 9. The Morgan fingerprint density at radius 3 is 1.85 bits per heavy atom. The lowest BCUT2D eigenvalue weighted by atomic mass is 9.86. The van der Waals surface area contributed by atoms with Gasteiger partial charge in [0.05, 0.1) is 115 Å². The number of fused-ring (bicyclic) bond motifs is 2. The normalized spacial score (nSPS) is 19.4. The summed E-state index contributed by atoms with van der Waals surface area (Å²) in [5.74, 6) is 4.37. The highest BCUT2D eigenvalue weighted by molar-refractivity contribution is 5.70. The van der Waals surface area contributed by atoms with Gasteiger partial charge in [-0.05, 0) is 72.7 Å². The molecule has 59 heavy (non-hydrogen) atoms. The molecule has 13 heteroatoms. The van der Waals surface area contributed by atoms with Crippen molar-refractivity contribution >= 4 is 11.9 Å². The van der Waals surface area contributed by atoms with Gasteiger partial charge < -0.3 is 51.6 Å². The Kier molecular flexibility index (Phi) is 16.0. The molecule has 0 saturated heterocycles. The van der Waals surface area contributed by atoms with E-state index in [1.807, 2.05) is 12.1 Å². The summed E-state index contributed by atoms with van der Waals surface area (Å²) in [7, 11) is 16.0. The number of carbonyl (C=O) groups excluding carboxylic acids is 2. The monoisotopic (exact) mass is 822 g/mol. The molecule has 2 aliphatic rings. The third kappa shape index (κ3) is 11.0. The second kappa shape index (κ2) is 20.9. The van der Waals surface area contributed by atoms with Crippen LogP contribution >= 0.6 is 0 Å². The van der Waals surface area contributed by atoms with E-state index in [-0.39, 0.29) is 24.6 Å². The Balaban J connectivity index is 1.04. The van der Waals surface area contributed by atoms with Crippen LogP contribution in [0.15, 0.2) is 36.4 Å². The van der Waals surface area contributed by atoms with Gasteiger partial charge in [-0.2, -0.15) is 0 Å². The van der Waals surface area contributed by atoms with Gasteiger partial charge in [-0.15, -0.1) is 0 Å². The molecular weight excluding hydrogens is 757 g/mol. The number of quaternary nitrogens is 2. The van der Waals surface area contributed by atoms with Gasteiger partial charge in [0.15, 0.2) is 34.5 Å². The van der Waals surface area contributed by atoms with Crippen LogP contribution in [0, 0.1) is 0 Å². The number of rotatable bonds is 22. The second-order valence-corrected chi connectivity index (χ2v) is 16.1. The molecular formula is C46H66N2O11+2. The highest BCUT2D eigenvalue weighted by Gasteiger charge is 2.40. The van der Waals surface area contributed by atoms with Gasteiger partial charge in [-0.3, -0.25) is 9.59 Å². The van der Waals surface area contributed by atoms with Crippen molar-refractivity contribution < 1.29 is 61.2 Å². The van der Waals surface area contributed by atoms with E-state index >= 15 is 0 Å². The average Bonchev–Trinajstić information content (AvgIpc) is 3.25. The quantitative estimate of drug-likeness (QED) is 0.0616. The fourth-order valence-electron chi connectivity index (χ4n) is 8.69. The Labute approximate surface area is 350 Å². The molecule has 0 aliphatic carbocycles. The molecule has 2 unspecified atom stereocenters. The Morgan fingerprint density at radius 2 is 1.19 bits per heavy atom. The van der Waals surface area contributed by atoms with Crippen LogP contribution in [0.4, 0.5) is 0 Å². The van der Waals surface area contributed by atoms with E-state index in [1.165, 1.54) is 16.7 Å². The minimum Gasteiger partial charge on any atom is -0.493 e. The molecule has 5 rings (SSSR count). The molecule has 2 heterocycles. The lowest BCUT2D eigenvalue weighted by Gasteiger charge is -2.46. The van der Waals surface area contributed by atoms with Crippen LogP contribution in [-0.4, -0.2) is 124 Å². The molecule has 3 aromatic carbocycles. The van der Waals surface area contributed by atoms with Crippen LogP contribution in [0.5, 0.6) is 40.2 Å². The zero-order valence-electron chi connectivity index (χ0n) is 36.7. The summed E-state index contributed by atoms with van der Waals surface area (Å²) in [5, 5.41) is 0. The van der Waals surface area contributed by atoms with Gasteiger partial charge in [-0.1, -0.05) is 6.07 Å². The third-order valence-corrected chi connectivity index (χ3v) is 12.2. The van der Waals surface area contributed by atoms with Crippen molar-refractivity contribution in [1.29, 1.82) is 0 Å². The fourth-order valence-corrected chi connectivity index (χ4v) is 8.69. The summed E-state index contributed by atoms with van der Waals surface area (Å²) in [6.45, 7) is 4.82. The highest BCUT2D eigenvalue weighted by Crippen LogP contribution is 2.45. The first-order valence-electron chi connectivity index (χ1n) is 20.7. The summed E-state index contributed by atoms with van der Waals surface area (Å²) in [4.78, 5) is 25.3. The molecule has 2 aliphatic heterocycles. The first-order chi connectivity index (χ1) is 28.4. The minimum atomic E-state index is -0.226. The summed E-state index contributed by atoms with van der Waals surface area (Å²) >= 11 is 0. The maximum absolute atomic E-state index is 12.7. The van der Waals surface area contributed by atoms with Gasteiger partial charge in [0.2, 0.25) is 5.75 Å². The van der Waals surface area contributed by atoms with E-state index in [1.54, 1.807) is 49.8 Å². The van der Waals surface area contributed by atoms with Crippen LogP contribution in [0.1, 0.15) is 72.4 Å². The molecule has 3 atom stereocenters. The van der Waals surface area contributed by atoms with Crippen molar-refractivity contribution in [1.82, 2.24) is 0 Å². The number of esters is 2. The van der Waals surface area contributed by atoms with E-state index in [2.05, 4.69) is 38.4 Å². The Hall–Kier alpha value is -4.88. The zero-order chi connectivity index (χ0) is 42.6. The molecule has 0 radical (unpaired) electrons. The van der Waals surface area contributed by atoms with Crippen LogP contribution in [0.2, 0.25) is 0 Å². The molecule has 0 N–H and O–H groups in total. The smallest absolute Gasteiger partial charge is 0.311 e. The predicted octanol–water partition coefficient (Wildman–Crippen LogP) is 6.66. The topological polar surface area (TPSA) is 117 Å². The van der Waals surface area contributed by atoms with Crippen LogP contribution in [-0.2, 0) is 44.9 Å². The van der Waals surface area contributed by atoms with Crippen LogP contribution in [0.3, 0.4) is 0 Å². The van der Waals surface area contributed by atoms with E-state index in [0.717, 1.165) is 78.8 Å². The summed E-state index contributed by atoms with van der Waals surface area (Å²) in [6.07, 6.45) is 6.07. The van der Waals surface area contributed by atoms with Crippen molar-refractivity contribution in [3.05, 3.63) is 64.2 Å². The van der Waals surface area contributed by atoms with E-state index in [9.17, 15) is 9.59 Å². The molecule has 0 fully saturated rings. The van der Waals surface area contributed by atoms with Crippen molar-refractivity contribution in [2.24, 2.45) is 0 Å². The first kappa shape index (κ1) is 45.2. The molecule has 0 bridgehead atoms. The summed E-state index contributed by atoms with van der Waals surface area (Å²) in [6, 6.07) is 12.6. The largest absolute Gasteiger partial charge is 0.493 e. The van der Waals surface area contributed by atoms with Crippen molar-refractivity contribution in [3.8, 4) is 40.2 Å². The third-order valence-electron chi connectivity index (χ3n) is 12.2. The highest BCUT2D eigenvalue weighted by atomic mass is 16.5. The number of methoxy groups -OCH3 is 7. The number of unbranched alkanes of at least 4 members (excludes halogenated alkanes) is 2. The molecule has 324 valence electrons. The van der Waals surface area contributed by atoms with Crippen molar-refractivity contribution in [2.75, 3.05) is 103 Å². The minimum absolute atomic E-state index is 0.166. The Bertz CT molecular complexity index is 1900. The predicted molar refractivity (Wildman–Crippen MR) is 224 cm³/mol. The van der Waals surface area contributed by atoms with Crippen LogP contribution in [0.25, 0.3) is 0 Å².